The first-order chi connectivity index (χ1) is 7.28. The molecule has 0 aromatic heterocycles. The number of unbranched alkanes of at least 4 members (excludes halogenated alkanes) is 2. The van der Waals surface area contributed by atoms with Gasteiger partial charge in [-0.05, 0) is 18.8 Å². The lowest BCUT2D eigenvalue weighted by Gasteiger charge is -2.31. The van der Waals surface area contributed by atoms with Crippen LogP contribution in [0, 0.1) is 11.8 Å². The van der Waals surface area contributed by atoms with Crippen LogP contribution < -0.4 is 0 Å². The van der Waals surface area contributed by atoms with E-state index in [1.165, 1.54) is 32.1 Å². The molecule has 0 radical (unpaired) electrons. The molecule has 2 nitrogen and oxygen atoms in total. The van der Waals surface area contributed by atoms with Crippen molar-refractivity contribution in [2.45, 2.75) is 58.2 Å². The molecule has 2 aliphatic rings. The first kappa shape index (κ1) is 11.4. The van der Waals surface area contributed by atoms with Crippen LogP contribution in [-0.2, 0) is 9.47 Å². The highest BCUT2D eigenvalue weighted by atomic mass is 16.7. The van der Waals surface area contributed by atoms with Crippen LogP contribution in [-0.4, -0.2) is 19.0 Å². The minimum atomic E-state index is -0.173. The van der Waals surface area contributed by atoms with Gasteiger partial charge in [0.2, 0.25) is 0 Å². The molecule has 1 saturated heterocycles. The molecule has 0 aromatic rings. The van der Waals surface area contributed by atoms with E-state index in [1.54, 1.807) is 0 Å². The van der Waals surface area contributed by atoms with Gasteiger partial charge in [0.05, 0.1) is 13.2 Å². The quantitative estimate of drug-likeness (QED) is 0.665. The Balaban J connectivity index is 1.92. The molecular formula is C13H24O2. The van der Waals surface area contributed by atoms with Crippen LogP contribution in [0.2, 0.25) is 0 Å². The summed E-state index contributed by atoms with van der Waals surface area (Å²) in [4.78, 5) is 0. The number of ether oxygens (including phenoxy) is 2. The summed E-state index contributed by atoms with van der Waals surface area (Å²) in [6, 6.07) is 0. The first-order valence-corrected chi connectivity index (χ1v) is 6.56. The van der Waals surface area contributed by atoms with E-state index in [0.717, 1.165) is 25.6 Å². The van der Waals surface area contributed by atoms with E-state index in [-0.39, 0.29) is 5.79 Å². The standard InChI is InChI=1S/C13H24O2/c1-3-4-5-6-12-11(2)7-8-13(12)14-9-10-15-13/h11-12H,3-10H2,1-2H3. The molecule has 2 rings (SSSR count). The average Bonchev–Trinajstić information content (AvgIpc) is 2.81. The largest absolute Gasteiger partial charge is 0.347 e. The summed E-state index contributed by atoms with van der Waals surface area (Å²) >= 11 is 0. The molecule has 0 N–H and O–H groups in total. The van der Waals surface area contributed by atoms with Crippen molar-refractivity contribution in [3.8, 4) is 0 Å². The minimum absolute atomic E-state index is 0.173. The fraction of sp³-hybridized carbons (Fsp3) is 1.00. The molecule has 15 heavy (non-hydrogen) atoms. The highest BCUT2D eigenvalue weighted by molar-refractivity contribution is 4.92. The van der Waals surface area contributed by atoms with E-state index < -0.39 is 0 Å². The molecule has 0 bridgehead atoms. The predicted octanol–water partition coefficient (Wildman–Crippen LogP) is 3.36. The number of hydrogen-bond donors (Lipinski definition) is 0. The Morgan fingerprint density at radius 2 is 1.93 bits per heavy atom. The fourth-order valence-electron chi connectivity index (χ4n) is 3.20. The molecule has 0 aromatic carbocycles. The zero-order valence-corrected chi connectivity index (χ0v) is 10.1. The summed E-state index contributed by atoms with van der Waals surface area (Å²) in [5.74, 6) is 1.25. The van der Waals surface area contributed by atoms with Crippen molar-refractivity contribution in [1.29, 1.82) is 0 Å². The smallest absolute Gasteiger partial charge is 0.171 e. The van der Waals surface area contributed by atoms with Crippen LogP contribution in [0.25, 0.3) is 0 Å². The fourth-order valence-corrected chi connectivity index (χ4v) is 3.20. The summed E-state index contributed by atoms with van der Waals surface area (Å²) in [5, 5.41) is 0. The van der Waals surface area contributed by atoms with E-state index in [1.807, 2.05) is 0 Å². The van der Waals surface area contributed by atoms with Gasteiger partial charge in [0.15, 0.2) is 5.79 Å². The van der Waals surface area contributed by atoms with Gasteiger partial charge in [0.1, 0.15) is 0 Å². The van der Waals surface area contributed by atoms with Gasteiger partial charge in [-0.3, -0.25) is 0 Å². The second-order valence-corrected chi connectivity index (χ2v) is 5.13. The van der Waals surface area contributed by atoms with E-state index in [4.69, 9.17) is 9.47 Å². The van der Waals surface area contributed by atoms with Crippen molar-refractivity contribution >= 4 is 0 Å². The average molecular weight is 212 g/mol. The normalized spacial score (nSPS) is 34.0. The van der Waals surface area contributed by atoms with Crippen LogP contribution in [0.3, 0.4) is 0 Å². The van der Waals surface area contributed by atoms with Crippen LogP contribution in [0.15, 0.2) is 0 Å². The number of rotatable bonds is 4. The van der Waals surface area contributed by atoms with Crippen molar-refractivity contribution in [1.82, 2.24) is 0 Å². The predicted molar refractivity (Wildman–Crippen MR) is 60.7 cm³/mol. The van der Waals surface area contributed by atoms with E-state index in [0.29, 0.717) is 5.92 Å². The molecule has 2 atom stereocenters. The molecule has 2 heteroatoms. The molecule has 88 valence electrons. The lowest BCUT2D eigenvalue weighted by Crippen LogP contribution is -2.36. The third-order valence-electron chi connectivity index (χ3n) is 4.09. The Kier molecular flexibility index (Phi) is 3.68. The SMILES string of the molecule is CCCCCC1C(C)CCC12OCCO2. The third-order valence-corrected chi connectivity index (χ3v) is 4.09. The molecule has 0 amide bonds. The van der Waals surface area contributed by atoms with E-state index in [9.17, 15) is 0 Å². The van der Waals surface area contributed by atoms with Crippen molar-refractivity contribution in [3.63, 3.8) is 0 Å². The summed E-state index contributed by atoms with van der Waals surface area (Å²) in [5.41, 5.74) is 0. The summed E-state index contributed by atoms with van der Waals surface area (Å²) in [6.45, 7) is 6.22. The lowest BCUT2D eigenvalue weighted by atomic mass is 9.89. The van der Waals surface area contributed by atoms with Gasteiger partial charge in [0, 0.05) is 12.3 Å². The third kappa shape index (κ3) is 2.21. The summed E-state index contributed by atoms with van der Waals surface area (Å²) in [6.07, 6.45) is 7.66. The van der Waals surface area contributed by atoms with Crippen LogP contribution in [0.5, 0.6) is 0 Å². The first-order valence-electron chi connectivity index (χ1n) is 6.56. The summed E-state index contributed by atoms with van der Waals surface area (Å²) in [7, 11) is 0. The van der Waals surface area contributed by atoms with Gasteiger partial charge in [-0.2, -0.15) is 0 Å². The second kappa shape index (κ2) is 4.84. The molecule has 1 aliphatic heterocycles. The van der Waals surface area contributed by atoms with Crippen molar-refractivity contribution in [2.75, 3.05) is 13.2 Å². The Morgan fingerprint density at radius 3 is 2.60 bits per heavy atom. The van der Waals surface area contributed by atoms with Crippen LogP contribution >= 0.6 is 0 Å². The monoisotopic (exact) mass is 212 g/mol. The zero-order chi connectivity index (χ0) is 10.7. The Labute approximate surface area is 93.3 Å². The van der Waals surface area contributed by atoms with Crippen LogP contribution in [0.4, 0.5) is 0 Å². The van der Waals surface area contributed by atoms with E-state index >= 15 is 0 Å². The highest BCUT2D eigenvalue weighted by Crippen LogP contribution is 2.47. The van der Waals surface area contributed by atoms with Crippen molar-refractivity contribution < 1.29 is 9.47 Å². The molecule has 1 aliphatic carbocycles. The molecule has 1 saturated carbocycles. The molecule has 1 spiro atoms. The van der Waals surface area contributed by atoms with Gasteiger partial charge in [-0.1, -0.05) is 33.1 Å². The summed E-state index contributed by atoms with van der Waals surface area (Å²) < 4.78 is 11.8. The van der Waals surface area contributed by atoms with E-state index in [2.05, 4.69) is 13.8 Å². The Morgan fingerprint density at radius 1 is 1.20 bits per heavy atom. The molecular weight excluding hydrogens is 188 g/mol. The Hall–Kier alpha value is -0.0800. The van der Waals surface area contributed by atoms with Gasteiger partial charge < -0.3 is 9.47 Å². The van der Waals surface area contributed by atoms with Gasteiger partial charge >= 0.3 is 0 Å². The lowest BCUT2D eigenvalue weighted by molar-refractivity contribution is -0.187. The van der Waals surface area contributed by atoms with Crippen molar-refractivity contribution in [3.05, 3.63) is 0 Å². The van der Waals surface area contributed by atoms with Crippen LogP contribution in [0.1, 0.15) is 52.4 Å². The maximum Gasteiger partial charge on any atom is 0.171 e. The van der Waals surface area contributed by atoms with Gasteiger partial charge in [-0.15, -0.1) is 0 Å². The molecule has 2 unspecified atom stereocenters. The topological polar surface area (TPSA) is 18.5 Å². The van der Waals surface area contributed by atoms with Gasteiger partial charge in [0.25, 0.3) is 0 Å². The maximum atomic E-state index is 5.89. The zero-order valence-electron chi connectivity index (χ0n) is 10.1. The second-order valence-electron chi connectivity index (χ2n) is 5.13. The number of hydrogen-bond acceptors (Lipinski definition) is 2. The maximum absolute atomic E-state index is 5.89. The Bertz CT molecular complexity index is 197. The molecule has 1 heterocycles. The minimum Gasteiger partial charge on any atom is -0.347 e. The van der Waals surface area contributed by atoms with Gasteiger partial charge in [-0.25, -0.2) is 0 Å². The highest BCUT2D eigenvalue weighted by Gasteiger charge is 2.50. The van der Waals surface area contributed by atoms with Crippen molar-refractivity contribution in [2.24, 2.45) is 11.8 Å². The molecule has 2 fully saturated rings.